The molecule has 206 valence electrons. The Morgan fingerprint density at radius 3 is 2.89 bits per heavy atom. The number of aliphatic hydroxyl groups is 1. The van der Waals surface area contributed by atoms with Gasteiger partial charge in [-0.1, -0.05) is 50.3 Å². The van der Waals surface area contributed by atoms with Crippen LogP contribution in [0.25, 0.3) is 10.1 Å². The SMILES string of the molecule is CNC[C@H](CC1CCCCC1)NC(=O)N1CCOC([C@@](O)(CCCCOC)c2cccc3ccsc23)C1. The van der Waals surface area contributed by atoms with Crippen molar-refractivity contribution in [3.63, 3.8) is 0 Å². The summed E-state index contributed by atoms with van der Waals surface area (Å²) in [5.74, 6) is 0.688. The van der Waals surface area contributed by atoms with Crippen molar-refractivity contribution in [1.82, 2.24) is 15.5 Å². The number of unbranched alkanes of at least 4 members (excludes halogenated alkanes) is 1. The number of hydrogen-bond donors (Lipinski definition) is 3. The first-order valence-corrected chi connectivity index (χ1v) is 14.9. The summed E-state index contributed by atoms with van der Waals surface area (Å²) in [7, 11) is 3.65. The van der Waals surface area contributed by atoms with Crippen molar-refractivity contribution < 1.29 is 19.4 Å². The van der Waals surface area contributed by atoms with E-state index in [2.05, 4.69) is 28.1 Å². The third-order valence-corrected chi connectivity index (χ3v) is 9.07. The van der Waals surface area contributed by atoms with Crippen molar-refractivity contribution in [1.29, 1.82) is 0 Å². The van der Waals surface area contributed by atoms with Gasteiger partial charge >= 0.3 is 6.03 Å². The molecule has 2 amide bonds. The average Bonchev–Trinajstić information content (AvgIpc) is 3.41. The van der Waals surface area contributed by atoms with Crippen LogP contribution >= 0.6 is 11.3 Å². The number of nitrogens with one attached hydrogen (secondary N) is 2. The van der Waals surface area contributed by atoms with Crippen LogP contribution in [0.1, 0.15) is 63.4 Å². The van der Waals surface area contributed by atoms with E-state index < -0.39 is 11.7 Å². The van der Waals surface area contributed by atoms with Crippen molar-refractivity contribution in [2.75, 3.05) is 47.0 Å². The van der Waals surface area contributed by atoms with Crippen LogP contribution in [-0.4, -0.2) is 75.2 Å². The van der Waals surface area contributed by atoms with Crippen LogP contribution in [0.4, 0.5) is 4.79 Å². The average molecular weight is 532 g/mol. The fraction of sp³-hybridized carbons (Fsp3) is 0.690. The predicted octanol–water partition coefficient (Wildman–Crippen LogP) is 4.87. The molecule has 1 aliphatic heterocycles. The second kappa shape index (κ2) is 13.9. The van der Waals surface area contributed by atoms with Crippen LogP contribution < -0.4 is 10.6 Å². The summed E-state index contributed by atoms with van der Waals surface area (Å²) in [5, 5.41) is 22.0. The molecule has 7 nitrogen and oxygen atoms in total. The lowest BCUT2D eigenvalue weighted by Crippen LogP contribution is -2.58. The first kappa shape index (κ1) is 28.3. The maximum absolute atomic E-state index is 13.4. The van der Waals surface area contributed by atoms with Crippen molar-refractivity contribution in [3.8, 4) is 0 Å². The lowest BCUT2D eigenvalue weighted by molar-refractivity contribution is -0.145. The van der Waals surface area contributed by atoms with Gasteiger partial charge in [-0.3, -0.25) is 0 Å². The van der Waals surface area contributed by atoms with E-state index in [9.17, 15) is 9.90 Å². The maximum Gasteiger partial charge on any atom is 0.317 e. The highest BCUT2D eigenvalue weighted by atomic mass is 32.1. The zero-order valence-corrected chi connectivity index (χ0v) is 23.4. The molecule has 3 N–H and O–H groups in total. The number of morpholine rings is 1. The zero-order chi connectivity index (χ0) is 26.1. The summed E-state index contributed by atoms with van der Waals surface area (Å²) in [6.07, 6.45) is 9.21. The molecular formula is C29H45N3O4S. The van der Waals surface area contributed by atoms with Gasteiger partial charge in [0.25, 0.3) is 0 Å². The van der Waals surface area contributed by atoms with E-state index >= 15 is 0 Å². The van der Waals surface area contributed by atoms with E-state index in [1.807, 2.05) is 24.1 Å². The molecule has 1 aromatic heterocycles. The van der Waals surface area contributed by atoms with Crippen LogP contribution in [0.2, 0.25) is 0 Å². The highest BCUT2D eigenvalue weighted by Crippen LogP contribution is 2.40. The summed E-state index contributed by atoms with van der Waals surface area (Å²) in [6, 6.07) is 8.24. The molecule has 2 heterocycles. The molecule has 2 aromatic rings. The molecule has 3 atom stereocenters. The van der Waals surface area contributed by atoms with Crippen LogP contribution in [0, 0.1) is 5.92 Å². The van der Waals surface area contributed by atoms with Gasteiger partial charge in [0.2, 0.25) is 0 Å². The number of benzene rings is 1. The number of likely N-dealkylation sites (N-methyl/N-ethyl adjacent to an activating group) is 1. The molecule has 0 spiro atoms. The highest BCUT2D eigenvalue weighted by Gasteiger charge is 2.43. The maximum atomic E-state index is 13.4. The summed E-state index contributed by atoms with van der Waals surface area (Å²) >= 11 is 1.65. The van der Waals surface area contributed by atoms with Crippen molar-refractivity contribution in [2.45, 2.75) is 75.5 Å². The van der Waals surface area contributed by atoms with Gasteiger partial charge in [-0.25, -0.2) is 4.79 Å². The Morgan fingerprint density at radius 2 is 2.11 bits per heavy atom. The zero-order valence-electron chi connectivity index (χ0n) is 22.5. The Labute approximate surface area is 225 Å². The molecular weight excluding hydrogens is 486 g/mol. The molecule has 0 bridgehead atoms. The number of ether oxygens (including phenoxy) is 2. The number of rotatable bonds is 12. The standard InChI is InChI=1S/C29H45N3O4S/c1-30-20-24(19-22-9-4-3-5-10-22)31-28(33)32-15-17-36-26(21-32)29(34,14-6-7-16-35-2)25-12-8-11-23-13-18-37-27(23)25/h8,11-13,18,22,24,26,30,34H,3-7,9-10,14-17,19-21H2,1-2H3,(H,31,33)/t24-,26?,29+/m0/s1. The number of carbonyl (C=O) groups excluding carboxylic acids is 1. The van der Waals surface area contributed by atoms with Crippen molar-refractivity contribution >= 4 is 27.5 Å². The van der Waals surface area contributed by atoms with Crippen LogP contribution in [0.15, 0.2) is 29.6 Å². The minimum absolute atomic E-state index is 0.0552. The Morgan fingerprint density at radius 1 is 1.27 bits per heavy atom. The number of thiophene rings is 1. The third-order valence-electron chi connectivity index (χ3n) is 8.11. The van der Waals surface area contributed by atoms with Crippen LogP contribution in [0.3, 0.4) is 0 Å². The summed E-state index contributed by atoms with van der Waals surface area (Å²) in [6.45, 7) is 2.73. The Bertz CT molecular complexity index is 979. The number of amides is 2. The number of fused-ring (bicyclic) bond motifs is 1. The Kier molecular flexibility index (Phi) is 10.6. The number of methoxy groups -OCH3 is 1. The topological polar surface area (TPSA) is 83.1 Å². The van der Waals surface area contributed by atoms with Gasteiger partial charge in [0.05, 0.1) is 13.2 Å². The van der Waals surface area contributed by atoms with Gasteiger partial charge in [-0.15, -0.1) is 11.3 Å². The van der Waals surface area contributed by atoms with Gasteiger partial charge in [0.15, 0.2) is 0 Å². The summed E-state index contributed by atoms with van der Waals surface area (Å²) in [4.78, 5) is 15.3. The largest absolute Gasteiger partial charge is 0.385 e. The molecule has 0 radical (unpaired) electrons. The first-order chi connectivity index (χ1) is 18.0. The minimum Gasteiger partial charge on any atom is -0.385 e. The lowest BCUT2D eigenvalue weighted by Gasteiger charge is -2.43. The summed E-state index contributed by atoms with van der Waals surface area (Å²) < 4.78 is 12.6. The number of carbonyl (C=O) groups is 1. The van der Waals surface area contributed by atoms with E-state index in [1.165, 1.54) is 32.1 Å². The molecule has 1 unspecified atom stereocenters. The van der Waals surface area contributed by atoms with Gasteiger partial charge < -0.3 is 30.1 Å². The Balaban J connectivity index is 1.48. The van der Waals surface area contributed by atoms with E-state index in [4.69, 9.17) is 9.47 Å². The molecule has 8 heteroatoms. The molecule has 37 heavy (non-hydrogen) atoms. The number of hydrogen-bond acceptors (Lipinski definition) is 6. The molecule has 2 aliphatic rings. The van der Waals surface area contributed by atoms with Crippen molar-refractivity contribution in [3.05, 3.63) is 35.2 Å². The van der Waals surface area contributed by atoms with E-state index in [-0.39, 0.29) is 12.1 Å². The van der Waals surface area contributed by atoms with E-state index in [0.29, 0.717) is 38.6 Å². The quantitative estimate of drug-likeness (QED) is 0.340. The second-order valence-electron chi connectivity index (χ2n) is 10.8. The number of urea groups is 1. The molecule has 1 saturated carbocycles. The molecule has 1 aliphatic carbocycles. The van der Waals surface area contributed by atoms with Gasteiger partial charge in [-0.2, -0.15) is 0 Å². The minimum atomic E-state index is -1.19. The smallest absolute Gasteiger partial charge is 0.317 e. The predicted molar refractivity (Wildman–Crippen MR) is 150 cm³/mol. The molecule has 4 rings (SSSR count). The normalized spacial score (nSPS) is 21.6. The fourth-order valence-electron chi connectivity index (χ4n) is 6.10. The fourth-order valence-corrected chi connectivity index (χ4v) is 7.09. The van der Waals surface area contributed by atoms with Crippen molar-refractivity contribution in [2.24, 2.45) is 5.92 Å². The summed E-state index contributed by atoms with van der Waals surface area (Å²) in [5.41, 5.74) is -0.293. The van der Waals surface area contributed by atoms with E-state index in [1.54, 1.807) is 18.4 Å². The second-order valence-corrected chi connectivity index (χ2v) is 11.7. The van der Waals surface area contributed by atoms with Crippen LogP contribution in [0.5, 0.6) is 0 Å². The Hall–Kier alpha value is -1.71. The molecule has 1 saturated heterocycles. The number of nitrogens with zero attached hydrogens (tertiary/aromatic N) is 1. The van der Waals surface area contributed by atoms with Gasteiger partial charge in [-0.05, 0) is 55.5 Å². The third kappa shape index (κ3) is 7.24. The van der Waals surface area contributed by atoms with Gasteiger partial charge in [0, 0.05) is 43.1 Å². The molecule has 2 fully saturated rings. The molecule has 1 aromatic carbocycles. The van der Waals surface area contributed by atoms with Gasteiger partial charge in [0.1, 0.15) is 11.7 Å². The van der Waals surface area contributed by atoms with E-state index in [0.717, 1.165) is 41.5 Å². The first-order valence-electron chi connectivity index (χ1n) is 14.0. The van der Waals surface area contributed by atoms with Crippen LogP contribution in [-0.2, 0) is 15.1 Å². The highest BCUT2D eigenvalue weighted by molar-refractivity contribution is 7.17. The lowest BCUT2D eigenvalue weighted by atomic mass is 9.82. The monoisotopic (exact) mass is 531 g/mol.